The molecule has 0 aliphatic carbocycles. The Kier molecular flexibility index (Phi) is 4.57. The van der Waals surface area contributed by atoms with Gasteiger partial charge in [-0.3, -0.25) is 4.79 Å². The molecule has 4 rings (SSSR count). The topological polar surface area (TPSA) is 71.8 Å². The molecule has 8 heteroatoms. The minimum atomic E-state index is -0.494. The molecule has 2 heterocycles. The monoisotopic (exact) mass is 383 g/mol. The van der Waals surface area contributed by atoms with Gasteiger partial charge in [0.05, 0.1) is 6.04 Å². The van der Waals surface area contributed by atoms with Crippen molar-refractivity contribution in [2.45, 2.75) is 30.3 Å². The number of aryl methyl sites for hydroxylation is 2. The van der Waals surface area contributed by atoms with E-state index < -0.39 is 5.25 Å². The third-order valence-corrected chi connectivity index (χ3v) is 5.70. The van der Waals surface area contributed by atoms with Crippen molar-refractivity contribution < 1.29 is 9.18 Å². The largest absolute Gasteiger partial charge is 0.325 e. The van der Waals surface area contributed by atoms with Gasteiger partial charge in [0.1, 0.15) is 16.9 Å². The molecule has 0 saturated heterocycles. The zero-order valence-corrected chi connectivity index (χ0v) is 15.6. The first-order valence-electron chi connectivity index (χ1n) is 8.50. The van der Waals surface area contributed by atoms with E-state index in [4.69, 9.17) is 0 Å². The maximum absolute atomic E-state index is 13.4. The predicted octanol–water partition coefficient (Wildman–Crippen LogP) is 3.43. The van der Waals surface area contributed by atoms with Gasteiger partial charge in [0.25, 0.3) is 0 Å². The highest BCUT2D eigenvalue weighted by molar-refractivity contribution is 8.00. The van der Waals surface area contributed by atoms with Crippen LogP contribution in [0.5, 0.6) is 0 Å². The van der Waals surface area contributed by atoms with Gasteiger partial charge >= 0.3 is 0 Å². The summed E-state index contributed by atoms with van der Waals surface area (Å²) in [5, 5.41) is 11.3. The number of anilines is 1. The lowest BCUT2D eigenvalue weighted by Gasteiger charge is -2.32. The number of nitrogens with zero attached hydrogens (tertiary/aromatic N) is 3. The van der Waals surface area contributed by atoms with Gasteiger partial charge < -0.3 is 10.7 Å². The van der Waals surface area contributed by atoms with Crippen molar-refractivity contribution in [2.24, 2.45) is 0 Å². The number of carbonyl (C=O) groups is 1. The molecule has 1 aliphatic heterocycles. The lowest BCUT2D eigenvalue weighted by atomic mass is 10.0. The Labute approximate surface area is 160 Å². The molecule has 138 valence electrons. The zero-order chi connectivity index (χ0) is 19.0. The summed E-state index contributed by atoms with van der Waals surface area (Å²) in [6.45, 7) is 3.78. The number of thioether (sulfide) groups is 1. The molecule has 2 N–H and O–H groups in total. The molecule has 6 nitrogen and oxygen atoms in total. The Balaban J connectivity index is 1.68. The number of halogens is 1. The summed E-state index contributed by atoms with van der Waals surface area (Å²) in [6, 6.07) is 13.4. The Morgan fingerprint density at radius 2 is 1.89 bits per heavy atom. The van der Waals surface area contributed by atoms with Crippen LogP contribution in [0.15, 0.2) is 53.7 Å². The summed E-state index contributed by atoms with van der Waals surface area (Å²) in [5.74, 6) is 0.231. The summed E-state index contributed by atoms with van der Waals surface area (Å²) in [7, 11) is 0. The second kappa shape index (κ2) is 7.03. The first kappa shape index (κ1) is 17.5. The van der Waals surface area contributed by atoms with Gasteiger partial charge in [-0.1, -0.05) is 42.1 Å². The highest BCUT2D eigenvalue weighted by atomic mass is 32.2. The van der Waals surface area contributed by atoms with Gasteiger partial charge in [-0.2, -0.15) is 0 Å². The van der Waals surface area contributed by atoms with Gasteiger partial charge in [0.15, 0.2) is 0 Å². The number of benzene rings is 2. The zero-order valence-electron chi connectivity index (χ0n) is 14.8. The molecule has 0 saturated carbocycles. The molecule has 1 aliphatic rings. The molecule has 2 atom stereocenters. The van der Waals surface area contributed by atoms with Crippen LogP contribution in [0.2, 0.25) is 0 Å². The molecular formula is C19H18FN5OS. The van der Waals surface area contributed by atoms with Crippen LogP contribution < -0.4 is 10.7 Å². The van der Waals surface area contributed by atoms with Crippen molar-refractivity contribution in [3.05, 3.63) is 71.3 Å². The number of amides is 1. The van der Waals surface area contributed by atoms with Crippen molar-refractivity contribution in [1.29, 1.82) is 0 Å². The fourth-order valence-corrected chi connectivity index (χ4v) is 4.12. The lowest BCUT2D eigenvalue weighted by Crippen LogP contribution is -2.41. The van der Waals surface area contributed by atoms with Gasteiger partial charge in [-0.15, -0.1) is 10.2 Å². The molecular weight excluding hydrogens is 365 g/mol. The minimum Gasteiger partial charge on any atom is -0.325 e. The smallest absolute Gasteiger partial charge is 0.240 e. The summed E-state index contributed by atoms with van der Waals surface area (Å²) in [4.78, 5) is 13.1. The van der Waals surface area contributed by atoms with Crippen LogP contribution in [0.3, 0.4) is 0 Å². The Bertz CT molecular complexity index is 988. The number of hydrogen-bond donors (Lipinski definition) is 2. The average Bonchev–Trinajstić information content (AvgIpc) is 3.03. The molecule has 1 amide bonds. The van der Waals surface area contributed by atoms with Crippen LogP contribution in [0.25, 0.3) is 0 Å². The van der Waals surface area contributed by atoms with Crippen molar-refractivity contribution >= 4 is 23.4 Å². The normalized spacial score (nSPS) is 18.5. The van der Waals surface area contributed by atoms with E-state index in [2.05, 4.69) is 20.9 Å². The molecule has 0 radical (unpaired) electrons. The number of fused-ring (bicyclic) bond motifs is 1. The van der Waals surface area contributed by atoms with Gasteiger partial charge in [0.2, 0.25) is 11.1 Å². The first-order chi connectivity index (χ1) is 13.0. The molecule has 0 fully saturated rings. The average molecular weight is 383 g/mol. The fraction of sp³-hybridized carbons (Fsp3) is 0.211. The second-order valence-corrected chi connectivity index (χ2v) is 7.47. The molecule has 27 heavy (non-hydrogen) atoms. The molecule has 2 aromatic carbocycles. The predicted molar refractivity (Wildman–Crippen MR) is 103 cm³/mol. The van der Waals surface area contributed by atoms with Crippen LogP contribution in [0.1, 0.15) is 23.0 Å². The minimum absolute atomic E-state index is 0.150. The van der Waals surface area contributed by atoms with E-state index in [0.717, 1.165) is 16.8 Å². The molecule has 3 aromatic rings. The van der Waals surface area contributed by atoms with Crippen molar-refractivity contribution in [1.82, 2.24) is 14.9 Å². The molecule has 0 bridgehead atoms. The number of nitrogens with one attached hydrogen (secondary N) is 2. The maximum atomic E-state index is 13.4. The highest BCUT2D eigenvalue weighted by Gasteiger charge is 2.37. The summed E-state index contributed by atoms with van der Waals surface area (Å²) in [6.07, 6.45) is 0. The number of para-hydroxylation sites is 1. The van der Waals surface area contributed by atoms with Gasteiger partial charge in [-0.25, -0.2) is 9.07 Å². The molecule has 1 aromatic heterocycles. The standard InChI is InChI=1S/C19H18FN5OS/c1-11-5-3-4-6-15(11)21-18(26)17-16(13-7-9-14(20)10-8-13)24-25-12(2)22-23-19(25)27-17/h3-10,16-17,24H,1-2H3,(H,21,26). The number of rotatable bonds is 3. The van der Waals surface area contributed by atoms with E-state index in [9.17, 15) is 9.18 Å². The number of carbonyl (C=O) groups excluding carboxylic acids is 1. The van der Waals surface area contributed by atoms with E-state index in [1.165, 1.54) is 23.9 Å². The molecule has 0 spiro atoms. The maximum Gasteiger partial charge on any atom is 0.240 e. The van der Waals surface area contributed by atoms with Crippen LogP contribution in [0.4, 0.5) is 10.1 Å². The van der Waals surface area contributed by atoms with E-state index in [1.54, 1.807) is 16.8 Å². The van der Waals surface area contributed by atoms with E-state index >= 15 is 0 Å². The third kappa shape index (κ3) is 3.40. The van der Waals surface area contributed by atoms with Crippen molar-refractivity contribution in [2.75, 3.05) is 10.7 Å². The van der Waals surface area contributed by atoms with Gasteiger partial charge in [0, 0.05) is 5.69 Å². The second-order valence-electron chi connectivity index (χ2n) is 6.37. The van der Waals surface area contributed by atoms with Crippen LogP contribution in [-0.4, -0.2) is 26.0 Å². The quantitative estimate of drug-likeness (QED) is 0.725. The van der Waals surface area contributed by atoms with Crippen LogP contribution >= 0.6 is 11.8 Å². The third-order valence-electron chi connectivity index (χ3n) is 4.49. The van der Waals surface area contributed by atoms with Crippen molar-refractivity contribution in [3.63, 3.8) is 0 Å². The Morgan fingerprint density at radius 3 is 2.63 bits per heavy atom. The van der Waals surface area contributed by atoms with Gasteiger partial charge in [-0.05, 0) is 43.2 Å². The lowest BCUT2D eigenvalue weighted by molar-refractivity contribution is -0.116. The van der Waals surface area contributed by atoms with E-state index in [0.29, 0.717) is 11.0 Å². The highest BCUT2D eigenvalue weighted by Crippen LogP contribution is 2.37. The SMILES string of the molecule is Cc1ccccc1NC(=O)C1Sc2nnc(C)n2NC1c1ccc(F)cc1. The summed E-state index contributed by atoms with van der Waals surface area (Å²) >= 11 is 1.34. The summed E-state index contributed by atoms with van der Waals surface area (Å²) < 4.78 is 15.1. The Morgan fingerprint density at radius 1 is 1.15 bits per heavy atom. The molecule has 2 unspecified atom stereocenters. The Hall–Kier alpha value is -2.87. The van der Waals surface area contributed by atoms with Crippen LogP contribution in [-0.2, 0) is 4.79 Å². The number of hydrogen-bond acceptors (Lipinski definition) is 5. The first-order valence-corrected chi connectivity index (χ1v) is 9.38. The number of aromatic nitrogens is 3. The fourth-order valence-electron chi connectivity index (χ4n) is 3.00. The van der Waals surface area contributed by atoms with E-state index in [1.807, 2.05) is 38.1 Å². The van der Waals surface area contributed by atoms with Crippen molar-refractivity contribution in [3.8, 4) is 0 Å². The summed E-state index contributed by atoms with van der Waals surface area (Å²) in [5.41, 5.74) is 5.86. The van der Waals surface area contributed by atoms with E-state index in [-0.39, 0.29) is 17.8 Å². The van der Waals surface area contributed by atoms with Crippen LogP contribution in [0, 0.1) is 19.7 Å².